The Balaban J connectivity index is 1.47. The molecular formula is C17H17N5O3. The second-order valence-corrected chi connectivity index (χ2v) is 5.23. The second kappa shape index (κ2) is 7.91. The van der Waals surface area contributed by atoms with Crippen LogP contribution >= 0.6 is 0 Å². The number of furan rings is 1. The zero-order chi connectivity index (χ0) is 17.5. The second-order valence-electron chi connectivity index (χ2n) is 5.23. The van der Waals surface area contributed by atoms with Crippen LogP contribution in [0.4, 0.5) is 0 Å². The van der Waals surface area contributed by atoms with Crippen LogP contribution in [0.1, 0.15) is 22.3 Å². The van der Waals surface area contributed by atoms with E-state index in [0.29, 0.717) is 17.9 Å². The summed E-state index contributed by atoms with van der Waals surface area (Å²) in [5, 5.41) is 9.64. The average Bonchev–Trinajstić information content (AvgIpc) is 3.33. The molecule has 0 saturated heterocycles. The number of hydrogen-bond acceptors (Lipinski definition) is 5. The Morgan fingerprint density at radius 3 is 2.84 bits per heavy atom. The summed E-state index contributed by atoms with van der Waals surface area (Å²) in [4.78, 5) is 28.0. The van der Waals surface area contributed by atoms with Gasteiger partial charge in [0.2, 0.25) is 5.91 Å². The molecule has 0 aliphatic heterocycles. The number of amides is 2. The Kier molecular flexibility index (Phi) is 5.20. The average molecular weight is 339 g/mol. The number of rotatable bonds is 7. The third-order valence-electron chi connectivity index (χ3n) is 3.49. The molecule has 0 aromatic carbocycles. The van der Waals surface area contributed by atoms with Crippen LogP contribution in [0.3, 0.4) is 0 Å². The van der Waals surface area contributed by atoms with Gasteiger partial charge in [-0.2, -0.15) is 5.10 Å². The summed E-state index contributed by atoms with van der Waals surface area (Å²) in [6.07, 6.45) is 8.09. The van der Waals surface area contributed by atoms with Crippen molar-refractivity contribution in [2.24, 2.45) is 0 Å². The first kappa shape index (κ1) is 16.4. The van der Waals surface area contributed by atoms with Gasteiger partial charge >= 0.3 is 0 Å². The van der Waals surface area contributed by atoms with Gasteiger partial charge in [-0.05, 0) is 18.2 Å². The zero-order valence-electron chi connectivity index (χ0n) is 13.4. The Hall–Kier alpha value is -3.42. The van der Waals surface area contributed by atoms with E-state index < -0.39 is 0 Å². The van der Waals surface area contributed by atoms with Crippen LogP contribution in [0.5, 0.6) is 0 Å². The summed E-state index contributed by atoms with van der Waals surface area (Å²) in [6, 6.07) is 7.05. The molecule has 2 N–H and O–H groups in total. The number of nitrogens with one attached hydrogen (secondary N) is 2. The minimum atomic E-state index is -0.269. The zero-order valence-corrected chi connectivity index (χ0v) is 13.4. The van der Waals surface area contributed by atoms with E-state index in [2.05, 4.69) is 20.7 Å². The monoisotopic (exact) mass is 339 g/mol. The standard InChI is InChI=1S/C17H17N5O3/c23-15(4-8-19-17(24)14-5-10-25-12-14)20-11-13-3-1-6-18-16(13)22-9-2-7-21-22/h1-3,5-7,9-10,12H,4,8,11H2,(H,19,24)(H,20,23). The van der Waals surface area contributed by atoms with E-state index in [4.69, 9.17) is 4.42 Å². The van der Waals surface area contributed by atoms with Crippen molar-refractivity contribution >= 4 is 11.8 Å². The highest BCUT2D eigenvalue weighted by Crippen LogP contribution is 2.09. The summed E-state index contributed by atoms with van der Waals surface area (Å²) in [5.41, 5.74) is 1.28. The lowest BCUT2D eigenvalue weighted by Crippen LogP contribution is -2.30. The van der Waals surface area contributed by atoms with Gasteiger partial charge in [-0.25, -0.2) is 9.67 Å². The molecule has 0 saturated carbocycles. The molecular weight excluding hydrogens is 322 g/mol. The molecule has 0 aliphatic carbocycles. The van der Waals surface area contributed by atoms with Crippen LogP contribution in [-0.4, -0.2) is 33.1 Å². The highest BCUT2D eigenvalue weighted by atomic mass is 16.3. The molecule has 2 amide bonds. The van der Waals surface area contributed by atoms with Crippen molar-refractivity contribution in [3.05, 3.63) is 66.5 Å². The molecule has 3 aromatic rings. The number of carbonyl (C=O) groups is 2. The third-order valence-corrected chi connectivity index (χ3v) is 3.49. The molecule has 25 heavy (non-hydrogen) atoms. The van der Waals surface area contributed by atoms with E-state index in [1.54, 1.807) is 41.5 Å². The maximum Gasteiger partial charge on any atom is 0.254 e. The lowest BCUT2D eigenvalue weighted by molar-refractivity contribution is -0.121. The molecule has 128 valence electrons. The molecule has 8 nitrogen and oxygen atoms in total. The Bertz CT molecular complexity index is 828. The molecule has 0 aliphatic rings. The van der Waals surface area contributed by atoms with Crippen molar-refractivity contribution in [2.45, 2.75) is 13.0 Å². The number of pyridine rings is 1. The highest BCUT2D eigenvalue weighted by molar-refractivity contribution is 5.94. The van der Waals surface area contributed by atoms with Crippen LogP contribution in [0.2, 0.25) is 0 Å². The first-order valence-electron chi connectivity index (χ1n) is 7.75. The highest BCUT2D eigenvalue weighted by Gasteiger charge is 2.09. The molecule has 0 bridgehead atoms. The van der Waals surface area contributed by atoms with Gasteiger partial charge in [-0.15, -0.1) is 0 Å². The molecule has 3 aromatic heterocycles. The van der Waals surface area contributed by atoms with Crippen LogP contribution in [0, 0.1) is 0 Å². The summed E-state index contributed by atoms with van der Waals surface area (Å²) in [7, 11) is 0. The van der Waals surface area contributed by atoms with Crippen molar-refractivity contribution in [3.63, 3.8) is 0 Å². The molecule has 0 spiro atoms. The molecule has 0 radical (unpaired) electrons. The van der Waals surface area contributed by atoms with Crippen molar-refractivity contribution in [1.82, 2.24) is 25.4 Å². The molecule has 0 fully saturated rings. The van der Waals surface area contributed by atoms with Crippen LogP contribution in [0.25, 0.3) is 5.82 Å². The van der Waals surface area contributed by atoms with Gasteiger partial charge in [0, 0.05) is 43.7 Å². The smallest absolute Gasteiger partial charge is 0.254 e. The van der Waals surface area contributed by atoms with E-state index in [-0.39, 0.29) is 24.8 Å². The van der Waals surface area contributed by atoms with E-state index >= 15 is 0 Å². The Labute approximate surface area is 143 Å². The van der Waals surface area contributed by atoms with Gasteiger partial charge in [-0.3, -0.25) is 9.59 Å². The quantitative estimate of drug-likeness (QED) is 0.675. The van der Waals surface area contributed by atoms with E-state index in [1.807, 2.05) is 6.07 Å². The predicted octanol–water partition coefficient (Wildman–Crippen LogP) is 1.30. The first-order valence-corrected chi connectivity index (χ1v) is 7.75. The summed E-state index contributed by atoms with van der Waals surface area (Å²) in [6.45, 7) is 0.576. The third kappa shape index (κ3) is 4.31. The maximum atomic E-state index is 12.0. The SMILES string of the molecule is O=C(CCNC(=O)c1ccoc1)NCc1cccnc1-n1cccn1. The van der Waals surface area contributed by atoms with Gasteiger partial charge < -0.3 is 15.1 Å². The maximum absolute atomic E-state index is 12.0. The van der Waals surface area contributed by atoms with E-state index in [0.717, 1.165) is 5.56 Å². The summed E-state index contributed by atoms with van der Waals surface area (Å²) < 4.78 is 6.48. The topological polar surface area (TPSA) is 102 Å². The lowest BCUT2D eigenvalue weighted by atomic mass is 10.2. The number of carbonyl (C=O) groups excluding carboxylic acids is 2. The van der Waals surface area contributed by atoms with Gasteiger partial charge in [0.05, 0.1) is 11.8 Å². The molecule has 0 atom stereocenters. The first-order chi connectivity index (χ1) is 12.2. The van der Waals surface area contributed by atoms with E-state index in [1.165, 1.54) is 12.5 Å². The van der Waals surface area contributed by atoms with Crippen molar-refractivity contribution < 1.29 is 14.0 Å². The van der Waals surface area contributed by atoms with Crippen LogP contribution in [-0.2, 0) is 11.3 Å². The van der Waals surface area contributed by atoms with Gasteiger partial charge in [0.25, 0.3) is 5.91 Å². The minimum Gasteiger partial charge on any atom is -0.472 e. The van der Waals surface area contributed by atoms with Crippen LogP contribution < -0.4 is 10.6 Å². The Morgan fingerprint density at radius 2 is 2.08 bits per heavy atom. The molecule has 3 heterocycles. The van der Waals surface area contributed by atoms with Gasteiger partial charge in [-0.1, -0.05) is 6.07 Å². The van der Waals surface area contributed by atoms with Crippen molar-refractivity contribution in [3.8, 4) is 5.82 Å². The predicted molar refractivity (Wildman–Crippen MR) is 88.9 cm³/mol. The summed E-state index contributed by atoms with van der Waals surface area (Å²) in [5.74, 6) is 0.235. The molecule has 0 unspecified atom stereocenters. The number of hydrogen-bond donors (Lipinski definition) is 2. The molecule has 3 rings (SSSR count). The Morgan fingerprint density at radius 1 is 1.16 bits per heavy atom. The molecule has 8 heteroatoms. The number of nitrogens with zero attached hydrogens (tertiary/aromatic N) is 3. The largest absolute Gasteiger partial charge is 0.472 e. The van der Waals surface area contributed by atoms with Crippen molar-refractivity contribution in [1.29, 1.82) is 0 Å². The van der Waals surface area contributed by atoms with Gasteiger partial charge in [0.1, 0.15) is 6.26 Å². The summed E-state index contributed by atoms with van der Waals surface area (Å²) >= 11 is 0. The fourth-order valence-electron chi connectivity index (χ4n) is 2.24. The van der Waals surface area contributed by atoms with E-state index in [9.17, 15) is 9.59 Å². The minimum absolute atomic E-state index is 0.164. The van der Waals surface area contributed by atoms with Gasteiger partial charge in [0.15, 0.2) is 5.82 Å². The number of aromatic nitrogens is 3. The fourth-order valence-corrected chi connectivity index (χ4v) is 2.24. The van der Waals surface area contributed by atoms with Crippen LogP contribution in [0.15, 0.2) is 59.8 Å². The normalized spacial score (nSPS) is 10.4. The fraction of sp³-hybridized carbons (Fsp3) is 0.176. The lowest BCUT2D eigenvalue weighted by Gasteiger charge is -2.10. The van der Waals surface area contributed by atoms with Crippen molar-refractivity contribution in [2.75, 3.05) is 6.54 Å².